The van der Waals surface area contributed by atoms with Crippen LogP contribution >= 0.6 is 0 Å². The van der Waals surface area contributed by atoms with E-state index in [9.17, 15) is 0 Å². The fraction of sp³-hybridized carbons (Fsp3) is 0.300. The van der Waals surface area contributed by atoms with Gasteiger partial charge in [0.05, 0.1) is 20.4 Å². The summed E-state index contributed by atoms with van der Waals surface area (Å²) < 4.78 is 10.8. The first-order valence-electron chi connectivity index (χ1n) is 9.08. The van der Waals surface area contributed by atoms with E-state index in [-0.39, 0.29) is 0 Å². The van der Waals surface area contributed by atoms with Gasteiger partial charge in [-0.3, -0.25) is 4.98 Å². The molecule has 0 saturated carbocycles. The highest BCUT2D eigenvalue weighted by atomic mass is 16.5. The normalized spacial score (nSPS) is 13.0. The van der Waals surface area contributed by atoms with Gasteiger partial charge in [-0.05, 0) is 41.3 Å². The summed E-state index contributed by atoms with van der Waals surface area (Å²) in [7, 11) is 3.30. The molecular weight excluding hydrogens is 356 g/mol. The molecule has 0 unspecified atom stereocenters. The molecule has 0 aliphatic carbocycles. The summed E-state index contributed by atoms with van der Waals surface area (Å²) in [6, 6.07) is 8.00. The number of hydrogen-bond acceptors (Lipinski definition) is 8. The Morgan fingerprint density at radius 1 is 1.11 bits per heavy atom. The van der Waals surface area contributed by atoms with Gasteiger partial charge in [-0.15, -0.1) is 5.10 Å². The van der Waals surface area contributed by atoms with Crippen molar-refractivity contribution in [2.75, 3.05) is 31.0 Å². The van der Waals surface area contributed by atoms with Crippen LogP contribution in [0.25, 0.3) is 0 Å². The van der Waals surface area contributed by atoms with Crippen molar-refractivity contribution in [2.24, 2.45) is 0 Å². The van der Waals surface area contributed by atoms with Crippen LogP contribution in [0.5, 0.6) is 11.5 Å². The van der Waals surface area contributed by atoms with Crippen LogP contribution in [0.1, 0.15) is 16.7 Å². The number of anilines is 2. The Bertz CT molecular complexity index is 951. The number of aromatic nitrogens is 4. The largest absolute Gasteiger partial charge is 0.493 e. The monoisotopic (exact) mass is 378 g/mol. The molecule has 0 saturated heterocycles. The second-order valence-corrected chi connectivity index (χ2v) is 6.50. The molecular formula is C20H22N6O2. The van der Waals surface area contributed by atoms with Crippen LogP contribution in [0.4, 0.5) is 11.8 Å². The van der Waals surface area contributed by atoms with Gasteiger partial charge in [0.15, 0.2) is 17.3 Å². The van der Waals surface area contributed by atoms with Crippen LogP contribution < -0.4 is 19.7 Å². The first-order chi connectivity index (χ1) is 13.8. The predicted molar refractivity (Wildman–Crippen MR) is 106 cm³/mol. The molecule has 0 spiro atoms. The maximum Gasteiger partial charge on any atom is 0.247 e. The van der Waals surface area contributed by atoms with Gasteiger partial charge >= 0.3 is 0 Å². The summed E-state index contributed by atoms with van der Waals surface area (Å²) in [5, 5.41) is 11.6. The van der Waals surface area contributed by atoms with E-state index in [1.165, 1.54) is 11.1 Å². The molecule has 8 nitrogen and oxygen atoms in total. The lowest BCUT2D eigenvalue weighted by molar-refractivity contribution is 0.353. The maximum absolute atomic E-state index is 5.43. The first-order valence-corrected chi connectivity index (χ1v) is 9.08. The number of pyridine rings is 1. The van der Waals surface area contributed by atoms with Crippen molar-refractivity contribution in [3.05, 3.63) is 59.5 Å². The highest BCUT2D eigenvalue weighted by Gasteiger charge is 2.21. The van der Waals surface area contributed by atoms with Crippen molar-refractivity contribution >= 4 is 11.8 Å². The first kappa shape index (κ1) is 18.0. The average Bonchev–Trinajstić information content (AvgIpc) is 2.77. The lowest BCUT2D eigenvalue weighted by atomic mass is 9.99. The molecule has 1 N–H and O–H groups in total. The Labute approximate surface area is 163 Å². The fourth-order valence-electron chi connectivity index (χ4n) is 3.26. The van der Waals surface area contributed by atoms with E-state index in [0.29, 0.717) is 24.9 Å². The van der Waals surface area contributed by atoms with Gasteiger partial charge in [-0.2, -0.15) is 10.1 Å². The molecule has 0 atom stereocenters. The van der Waals surface area contributed by atoms with Gasteiger partial charge in [0.2, 0.25) is 5.95 Å². The molecule has 1 aromatic carbocycles. The lowest BCUT2D eigenvalue weighted by Crippen LogP contribution is -2.32. The number of fused-ring (bicyclic) bond motifs is 1. The minimum absolute atomic E-state index is 0.608. The van der Waals surface area contributed by atoms with Crippen molar-refractivity contribution in [2.45, 2.75) is 19.5 Å². The molecule has 8 heteroatoms. The second kappa shape index (κ2) is 8.08. The van der Waals surface area contributed by atoms with Crippen molar-refractivity contribution in [3.63, 3.8) is 0 Å². The molecule has 0 radical (unpaired) electrons. The van der Waals surface area contributed by atoms with Gasteiger partial charge in [-0.1, -0.05) is 6.07 Å². The van der Waals surface area contributed by atoms with E-state index < -0.39 is 0 Å². The number of methoxy groups -OCH3 is 2. The third-order valence-corrected chi connectivity index (χ3v) is 4.74. The number of hydrogen-bond donors (Lipinski definition) is 1. The van der Waals surface area contributed by atoms with Crippen LogP contribution in [0, 0.1) is 0 Å². The topological polar surface area (TPSA) is 85.3 Å². The smallest absolute Gasteiger partial charge is 0.247 e. The Kier molecular flexibility index (Phi) is 5.18. The molecule has 28 heavy (non-hydrogen) atoms. The van der Waals surface area contributed by atoms with E-state index in [2.05, 4.69) is 36.4 Å². The van der Waals surface area contributed by atoms with E-state index in [4.69, 9.17) is 9.47 Å². The van der Waals surface area contributed by atoms with Crippen molar-refractivity contribution < 1.29 is 9.47 Å². The summed E-state index contributed by atoms with van der Waals surface area (Å²) in [5.74, 6) is 2.78. The van der Waals surface area contributed by atoms with Crippen LogP contribution in [-0.2, 0) is 19.5 Å². The average molecular weight is 378 g/mol. The third-order valence-electron chi connectivity index (χ3n) is 4.74. The van der Waals surface area contributed by atoms with Gasteiger partial charge in [0.25, 0.3) is 0 Å². The molecule has 3 aromatic rings. The number of nitrogens with zero attached hydrogens (tertiary/aromatic N) is 5. The van der Waals surface area contributed by atoms with Crippen LogP contribution in [0.15, 0.2) is 42.9 Å². The lowest BCUT2D eigenvalue weighted by Gasteiger charge is -2.29. The van der Waals surface area contributed by atoms with Crippen molar-refractivity contribution in [1.29, 1.82) is 0 Å². The highest BCUT2D eigenvalue weighted by molar-refractivity contribution is 5.51. The molecule has 144 valence electrons. The van der Waals surface area contributed by atoms with Gasteiger partial charge < -0.3 is 19.7 Å². The van der Waals surface area contributed by atoms with Crippen molar-refractivity contribution in [1.82, 2.24) is 20.2 Å². The second-order valence-electron chi connectivity index (χ2n) is 6.50. The third kappa shape index (κ3) is 3.80. The van der Waals surface area contributed by atoms with Crippen LogP contribution in [-0.4, -0.2) is 40.9 Å². The minimum Gasteiger partial charge on any atom is -0.493 e. The van der Waals surface area contributed by atoms with Gasteiger partial charge in [0.1, 0.15) is 0 Å². The number of ether oxygens (including phenoxy) is 2. The molecule has 0 fully saturated rings. The fourth-order valence-corrected chi connectivity index (χ4v) is 3.26. The summed E-state index contributed by atoms with van der Waals surface area (Å²) in [6.45, 7) is 2.14. The van der Waals surface area contributed by atoms with E-state index in [0.717, 1.165) is 30.0 Å². The zero-order valence-electron chi connectivity index (χ0n) is 15.9. The van der Waals surface area contributed by atoms with E-state index in [1.807, 2.05) is 24.4 Å². The molecule has 4 rings (SSSR count). The van der Waals surface area contributed by atoms with E-state index in [1.54, 1.807) is 26.6 Å². The van der Waals surface area contributed by atoms with E-state index >= 15 is 0 Å². The molecule has 0 amide bonds. The molecule has 3 heterocycles. The zero-order chi connectivity index (χ0) is 19.3. The Balaban J connectivity index is 1.49. The van der Waals surface area contributed by atoms with Gasteiger partial charge in [0, 0.05) is 32.0 Å². The summed E-state index contributed by atoms with van der Waals surface area (Å²) in [6.07, 6.45) is 6.09. The zero-order valence-corrected chi connectivity index (χ0v) is 15.9. The minimum atomic E-state index is 0.608. The summed E-state index contributed by atoms with van der Waals surface area (Å²) >= 11 is 0. The molecule has 1 aliphatic heterocycles. The summed E-state index contributed by atoms with van der Waals surface area (Å²) in [5.41, 5.74) is 3.52. The standard InChI is InChI=1S/C20H22N6O2/c1-27-17-8-15-5-7-26(13-16(15)9-18(17)28-2)20-24-19(12-23-25-20)22-11-14-4-3-6-21-10-14/h3-4,6,8-10,12H,5,7,11,13H2,1-2H3,(H,22,24,25). The predicted octanol–water partition coefficient (Wildman–Crippen LogP) is 2.46. The highest BCUT2D eigenvalue weighted by Crippen LogP contribution is 2.33. The Morgan fingerprint density at radius 2 is 1.93 bits per heavy atom. The maximum atomic E-state index is 5.43. The van der Waals surface area contributed by atoms with Crippen LogP contribution in [0.3, 0.4) is 0 Å². The molecule has 2 aromatic heterocycles. The quantitative estimate of drug-likeness (QED) is 0.700. The molecule has 1 aliphatic rings. The van der Waals surface area contributed by atoms with Crippen LogP contribution in [0.2, 0.25) is 0 Å². The number of benzene rings is 1. The Morgan fingerprint density at radius 3 is 2.68 bits per heavy atom. The molecule has 0 bridgehead atoms. The number of nitrogens with one attached hydrogen (secondary N) is 1. The van der Waals surface area contributed by atoms with Gasteiger partial charge in [-0.25, -0.2) is 0 Å². The Hall–Kier alpha value is -3.42. The SMILES string of the molecule is COc1cc2c(cc1OC)CN(c1nncc(NCc3cccnc3)n1)CC2. The summed E-state index contributed by atoms with van der Waals surface area (Å²) in [4.78, 5) is 10.9. The number of rotatable bonds is 6. The van der Waals surface area contributed by atoms with Crippen molar-refractivity contribution in [3.8, 4) is 11.5 Å².